The van der Waals surface area contributed by atoms with Gasteiger partial charge in [0.15, 0.2) is 0 Å². The van der Waals surface area contributed by atoms with Crippen molar-refractivity contribution in [2.75, 3.05) is 24.6 Å². The molecule has 0 radical (unpaired) electrons. The lowest BCUT2D eigenvalue weighted by Crippen LogP contribution is -2.27. The van der Waals surface area contributed by atoms with E-state index >= 15 is 0 Å². The molecule has 126 valence electrons. The molecule has 8 heteroatoms. The molecule has 6 nitrogen and oxygen atoms in total. The fourth-order valence-electron chi connectivity index (χ4n) is 3.20. The molecule has 25 heavy (non-hydrogen) atoms. The molecule has 1 fully saturated rings. The van der Waals surface area contributed by atoms with Gasteiger partial charge in [-0.05, 0) is 35.2 Å². The fraction of sp³-hybridized carbons (Fsp3) is 0.235. The van der Waals surface area contributed by atoms with Crippen molar-refractivity contribution in [3.8, 4) is 17.2 Å². The summed E-state index contributed by atoms with van der Waals surface area (Å²) >= 11 is 2.77. The average molecular weight is 369 g/mol. The number of nitriles is 1. The Balaban J connectivity index is 1.99. The molecule has 1 amide bonds. The number of likely N-dealkylation sites (tertiary alicyclic amines) is 1. The second-order valence-corrected chi connectivity index (χ2v) is 7.67. The highest BCUT2D eigenvalue weighted by molar-refractivity contribution is 7.21. The number of nitrogens with zero attached hydrogens (tertiary/aromatic N) is 3. The summed E-state index contributed by atoms with van der Waals surface area (Å²) in [6.07, 6.45) is 2.03. The summed E-state index contributed by atoms with van der Waals surface area (Å²) < 4.78 is 0. The largest absolute Gasteiger partial charge is 0.397 e. The maximum atomic E-state index is 12.8. The van der Waals surface area contributed by atoms with Gasteiger partial charge in [0, 0.05) is 24.0 Å². The van der Waals surface area contributed by atoms with E-state index in [2.05, 4.69) is 11.1 Å². The molecule has 0 saturated carbocycles. The van der Waals surface area contributed by atoms with E-state index in [0.717, 1.165) is 31.5 Å². The van der Waals surface area contributed by atoms with Crippen LogP contribution in [0, 0.1) is 11.3 Å². The van der Waals surface area contributed by atoms with Crippen molar-refractivity contribution in [3.05, 3.63) is 27.3 Å². The highest BCUT2D eigenvalue weighted by Gasteiger charge is 2.27. The summed E-state index contributed by atoms with van der Waals surface area (Å²) in [6.45, 7) is 1.51. The van der Waals surface area contributed by atoms with E-state index in [4.69, 9.17) is 11.5 Å². The molecule has 0 aliphatic carbocycles. The SMILES string of the molecule is N#Cc1c(N)nc2sc(C(=O)N3CCCC3)c(N)c2c1-c1ccsc1. The van der Waals surface area contributed by atoms with Gasteiger partial charge in [0.2, 0.25) is 0 Å². The minimum Gasteiger partial charge on any atom is -0.397 e. The van der Waals surface area contributed by atoms with E-state index in [9.17, 15) is 10.1 Å². The summed E-state index contributed by atoms with van der Waals surface area (Å²) in [6, 6.07) is 4.05. The van der Waals surface area contributed by atoms with E-state index in [1.54, 1.807) is 0 Å². The number of nitrogen functional groups attached to an aromatic ring is 2. The van der Waals surface area contributed by atoms with Gasteiger partial charge in [-0.25, -0.2) is 4.98 Å². The zero-order chi connectivity index (χ0) is 17.6. The molecule has 0 aromatic carbocycles. The van der Waals surface area contributed by atoms with Crippen LogP contribution in [0.1, 0.15) is 28.1 Å². The second kappa shape index (κ2) is 6.02. The van der Waals surface area contributed by atoms with Crippen LogP contribution in [0.25, 0.3) is 21.3 Å². The molecule has 3 aromatic heterocycles. The monoisotopic (exact) mass is 369 g/mol. The van der Waals surface area contributed by atoms with Crippen LogP contribution in [0.5, 0.6) is 0 Å². The zero-order valence-corrected chi connectivity index (χ0v) is 14.9. The number of thiophene rings is 2. The van der Waals surface area contributed by atoms with Gasteiger partial charge in [0.05, 0.1) is 5.69 Å². The number of pyridine rings is 1. The van der Waals surface area contributed by atoms with Crippen molar-refractivity contribution in [3.63, 3.8) is 0 Å². The second-order valence-electron chi connectivity index (χ2n) is 5.90. The lowest BCUT2D eigenvalue weighted by Gasteiger charge is -2.14. The number of nitrogens with two attached hydrogens (primary N) is 2. The van der Waals surface area contributed by atoms with Crippen molar-refractivity contribution < 1.29 is 4.79 Å². The number of carbonyl (C=O) groups is 1. The molecule has 0 spiro atoms. The van der Waals surface area contributed by atoms with Crippen LogP contribution in [0.4, 0.5) is 11.5 Å². The first-order valence-corrected chi connectivity index (χ1v) is 9.61. The summed E-state index contributed by atoms with van der Waals surface area (Å²) in [5.74, 6) is 0.101. The van der Waals surface area contributed by atoms with Gasteiger partial charge >= 0.3 is 0 Å². The standard InChI is InChI=1S/C17H15N5OS2/c18-7-10-11(9-3-6-24-8-9)12-13(19)14(25-16(12)21-15(10)20)17(23)22-4-1-2-5-22/h3,6,8H,1-2,4-5,19H2,(H2,20,21). The lowest BCUT2D eigenvalue weighted by molar-refractivity contribution is 0.0798. The first kappa shape index (κ1) is 15.9. The van der Waals surface area contributed by atoms with Gasteiger partial charge in [0.25, 0.3) is 5.91 Å². The summed E-state index contributed by atoms with van der Waals surface area (Å²) in [5.41, 5.74) is 14.6. The molecule has 0 bridgehead atoms. The quantitative estimate of drug-likeness (QED) is 0.720. The Bertz CT molecular complexity index is 1010. The highest BCUT2D eigenvalue weighted by Crippen LogP contribution is 2.43. The number of fused-ring (bicyclic) bond motifs is 1. The first-order valence-electron chi connectivity index (χ1n) is 7.85. The molecular formula is C17H15N5OS2. The number of rotatable bonds is 2. The normalized spacial score (nSPS) is 14.1. The van der Waals surface area contributed by atoms with Crippen LogP contribution in [0.3, 0.4) is 0 Å². The topological polar surface area (TPSA) is 109 Å². The zero-order valence-electron chi connectivity index (χ0n) is 13.3. The molecule has 0 atom stereocenters. The highest BCUT2D eigenvalue weighted by atomic mass is 32.1. The fourth-order valence-corrected chi connectivity index (χ4v) is 4.93. The summed E-state index contributed by atoms with van der Waals surface area (Å²) in [7, 11) is 0. The molecule has 1 saturated heterocycles. The Hall–Kier alpha value is -2.63. The number of carbonyl (C=O) groups excluding carboxylic acids is 1. The smallest absolute Gasteiger partial charge is 0.266 e. The molecule has 1 aliphatic rings. The van der Waals surface area contributed by atoms with Crippen molar-refractivity contribution in [1.82, 2.24) is 9.88 Å². The Kier molecular flexibility index (Phi) is 3.82. The summed E-state index contributed by atoms with van der Waals surface area (Å²) in [4.78, 5) is 20.0. The summed E-state index contributed by atoms with van der Waals surface area (Å²) in [5, 5.41) is 14.1. The first-order chi connectivity index (χ1) is 12.1. The van der Waals surface area contributed by atoms with E-state index in [-0.39, 0.29) is 11.7 Å². The number of hydrogen-bond donors (Lipinski definition) is 2. The van der Waals surface area contributed by atoms with Gasteiger partial charge in [0.1, 0.15) is 27.2 Å². The molecule has 1 aliphatic heterocycles. The number of aromatic nitrogens is 1. The molecular weight excluding hydrogens is 354 g/mol. The van der Waals surface area contributed by atoms with Crippen LogP contribution in [0.2, 0.25) is 0 Å². The Morgan fingerprint density at radius 3 is 2.72 bits per heavy atom. The Morgan fingerprint density at radius 1 is 1.32 bits per heavy atom. The Labute approximate surface area is 152 Å². The third-order valence-corrected chi connectivity index (χ3v) is 6.18. The average Bonchev–Trinajstić information content (AvgIpc) is 3.35. The predicted molar refractivity (Wildman–Crippen MR) is 102 cm³/mol. The minimum absolute atomic E-state index is 0.0636. The van der Waals surface area contributed by atoms with Gasteiger partial charge in [-0.3, -0.25) is 4.79 Å². The maximum absolute atomic E-state index is 12.8. The van der Waals surface area contributed by atoms with Crippen molar-refractivity contribution in [2.24, 2.45) is 0 Å². The molecule has 4 N–H and O–H groups in total. The van der Waals surface area contributed by atoms with Crippen LogP contribution >= 0.6 is 22.7 Å². The van der Waals surface area contributed by atoms with Crippen molar-refractivity contribution in [2.45, 2.75) is 12.8 Å². The third-order valence-electron chi connectivity index (χ3n) is 4.41. The van der Waals surface area contributed by atoms with Crippen LogP contribution in [-0.2, 0) is 0 Å². The van der Waals surface area contributed by atoms with Gasteiger partial charge < -0.3 is 16.4 Å². The van der Waals surface area contributed by atoms with Crippen LogP contribution in [0.15, 0.2) is 16.8 Å². The van der Waals surface area contributed by atoms with Crippen molar-refractivity contribution in [1.29, 1.82) is 5.26 Å². The number of amides is 1. The maximum Gasteiger partial charge on any atom is 0.266 e. The third kappa shape index (κ3) is 2.44. The molecule has 4 heterocycles. The minimum atomic E-state index is -0.0636. The molecule has 4 rings (SSSR count). The van der Waals surface area contributed by atoms with Gasteiger partial charge in [-0.15, -0.1) is 11.3 Å². The van der Waals surface area contributed by atoms with Crippen LogP contribution in [-0.4, -0.2) is 28.9 Å². The lowest BCUT2D eigenvalue weighted by atomic mass is 9.99. The van der Waals surface area contributed by atoms with Gasteiger partial charge in [-0.1, -0.05) is 0 Å². The van der Waals surface area contributed by atoms with E-state index in [0.29, 0.717) is 31.9 Å². The van der Waals surface area contributed by atoms with Crippen LogP contribution < -0.4 is 11.5 Å². The molecule has 0 unspecified atom stereocenters. The molecule has 3 aromatic rings. The van der Waals surface area contributed by atoms with E-state index in [1.807, 2.05) is 21.7 Å². The van der Waals surface area contributed by atoms with E-state index in [1.165, 1.54) is 22.7 Å². The Morgan fingerprint density at radius 2 is 2.08 bits per heavy atom. The van der Waals surface area contributed by atoms with Crippen molar-refractivity contribution >= 4 is 50.3 Å². The van der Waals surface area contributed by atoms with E-state index < -0.39 is 0 Å². The number of anilines is 2. The number of hydrogen-bond acceptors (Lipinski definition) is 7. The van der Waals surface area contributed by atoms with Gasteiger partial charge in [-0.2, -0.15) is 16.6 Å². The predicted octanol–water partition coefficient (Wildman–Crippen LogP) is 3.30.